The minimum absolute atomic E-state index is 0.159. The van der Waals surface area contributed by atoms with E-state index in [1.807, 2.05) is 23.1 Å². The normalized spacial score (nSPS) is 19.7. The molecule has 2 N–H and O–H groups in total. The highest BCUT2D eigenvalue weighted by Gasteiger charge is 2.27. The molecule has 2 rings (SSSR count). The minimum atomic E-state index is -0.283. The Morgan fingerprint density at radius 2 is 2.05 bits per heavy atom. The fraction of sp³-hybridized carbons (Fsp3) is 0.556. The summed E-state index contributed by atoms with van der Waals surface area (Å²) in [6, 6.07) is 10.3. The molecule has 4 heteroatoms. The van der Waals surface area contributed by atoms with Crippen LogP contribution in [-0.4, -0.2) is 29.8 Å². The number of hydrogen-bond acceptors (Lipinski definition) is 2. The zero-order valence-corrected chi connectivity index (χ0v) is 13.3. The van der Waals surface area contributed by atoms with Gasteiger partial charge < -0.3 is 10.6 Å². The number of amides is 2. The summed E-state index contributed by atoms with van der Waals surface area (Å²) in [4.78, 5) is 25.5. The Morgan fingerprint density at radius 1 is 1.32 bits per heavy atom. The molecule has 120 valence electrons. The van der Waals surface area contributed by atoms with Crippen molar-refractivity contribution in [3.63, 3.8) is 0 Å². The molecule has 0 unspecified atom stereocenters. The molecule has 4 nitrogen and oxygen atoms in total. The Balaban J connectivity index is 1.77. The summed E-state index contributed by atoms with van der Waals surface area (Å²) in [7, 11) is 0. The number of aryl methyl sites for hydroxylation is 1. The topological polar surface area (TPSA) is 63.4 Å². The molecule has 1 aromatic carbocycles. The first-order valence-corrected chi connectivity index (χ1v) is 8.17. The van der Waals surface area contributed by atoms with E-state index in [0.29, 0.717) is 18.9 Å². The Kier molecular flexibility index (Phi) is 5.99. The van der Waals surface area contributed by atoms with E-state index in [0.717, 1.165) is 32.2 Å². The number of nitrogens with zero attached hydrogens (tertiary/aromatic N) is 1. The lowest BCUT2D eigenvalue weighted by atomic mass is 9.94. The Bertz CT molecular complexity index is 501. The number of hydrogen-bond donors (Lipinski definition) is 1. The molecule has 0 saturated carbocycles. The van der Waals surface area contributed by atoms with Crippen molar-refractivity contribution >= 4 is 11.8 Å². The van der Waals surface area contributed by atoms with Crippen molar-refractivity contribution in [3.05, 3.63) is 35.9 Å². The molecule has 1 aliphatic rings. The van der Waals surface area contributed by atoms with Gasteiger partial charge in [-0.3, -0.25) is 9.59 Å². The van der Waals surface area contributed by atoms with Gasteiger partial charge in [-0.05, 0) is 37.2 Å². The predicted molar refractivity (Wildman–Crippen MR) is 87.0 cm³/mol. The lowest BCUT2D eigenvalue weighted by Crippen LogP contribution is -2.44. The highest BCUT2D eigenvalue weighted by molar-refractivity contribution is 5.80. The number of rotatable bonds is 6. The van der Waals surface area contributed by atoms with Gasteiger partial charge in [-0.2, -0.15) is 0 Å². The fourth-order valence-corrected chi connectivity index (χ4v) is 3.02. The second kappa shape index (κ2) is 7.97. The summed E-state index contributed by atoms with van der Waals surface area (Å²) in [5.74, 6) is 0.0557. The molecular weight excluding hydrogens is 276 g/mol. The molecule has 22 heavy (non-hydrogen) atoms. The first kappa shape index (κ1) is 16.5. The SMILES string of the molecule is C[C@@H](CCc1ccccc1)CC(=O)N1CCC[C@@H](C(N)=O)C1. The van der Waals surface area contributed by atoms with E-state index in [9.17, 15) is 9.59 Å². The molecule has 0 aromatic heterocycles. The van der Waals surface area contributed by atoms with Crippen molar-refractivity contribution in [1.82, 2.24) is 4.90 Å². The van der Waals surface area contributed by atoms with Gasteiger partial charge in [0.05, 0.1) is 5.92 Å². The van der Waals surface area contributed by atoms with Crippen LogP contribution in [0.3, 0.4) is 0 Å². The van der Waals surface area contributed by atoms with Crippen LogP contribution in [0.5, 0.6) is 0 Å². The van der Waals surface area contributed by atoms with Gasteiger partial charge >= 0.3 is 0 Å². The third-order valence-electron chi connectivity index (χ3n) is 4.47. The Morgan fingerprint density at radius 3 is 2.73 bits per heavy atom. The number of benzene rings is 1. The number of primary amides is 1. The third-order valence-corrected chi connectivity index (χ3v) is 4.47. The largest absolute Gasteiger partial charge is 0.369 e. The lowest BCUT2D eigenvalue weighted by Gasteiger charge is -2.32. The molecule has 1 saturated heterocycles. The molecule has 0 bridgehead atoms. The van der Waals surface area contributed by atoms with Crippen LogP contribution in [-0.2, 0) is 16.0 Å². The van der Waals surface area contributed by atoms with Gasteiger partial charge in [-0.1, -0.05) is 37.3 Å². The third kappa shape index (κ3) is 4.86. The highest BCUT2D eigenvalue weighted by Crippen LogP contribution is 2.19. The monoisotopic (exact) mass is 302 g/mol. The molecule has 1 aromatic rings. The summed E-state index contributed by atoms with van der Waals surface area (Å²) < 4.78 is 0. The van der Waals surface area contributed by atoms with Crippen LogP contribution < -0.4 is 5.73 Å². The van der Waals surface area contributed by atoms with Gasteiger partial charge in [0.25, 0.3) is 0 Å². The predicted octanol–water partition coefficient (Wildman–Crippen LogP) is 2.37. The molecule has 2 atom stereocenters. The van der Waals surface area contributed by atoms with Crippen LogP contribution >= 0.6 is 0 Å². The van der Waals surface area contributed by atoms with Gasteiger partial charge in [0.2, 0.25) is 11.8 Å². The summed E-state index contributed by atoms with van der Waals surface area (Å²) in [5.41, 5.74) is 6.68. The first-order valence-electron chi connectivity index (χ1n) is 8.17. The first-order chi connectivity index (χ1) is 10.6. The molecule has 1 fully saturated rings. The van der Waals surface area contributed by atoms with E-state index in [2.05, 4.69) is 19.1 Å². The maximum atomic E-state index is 12.4. The van der Waals surface area contributed by atoms with Crippen LogP contribution in [0.2, 0.25) is 0 Å². The lowest BCUT2D eigenvalue weighted by molar-refractivity contribution is -0.135. The average molecular weight is 302 g/mol. The van der Waals surface area contributed by atoms with E-state index in [1.165, 1.54) is 5.56 Å². The summed E-state index contributed by atoms with van der Waals surface area (Å²) >= 11 is 0. The van der Waals surface area contributed by atoms with Crippen molar-refractivity contribution < 1.29 is 9.59 Å². The number of likely N-dealkylation sites (tertiary alicyclic amines) is 1. The van der Waals surface area contributed by atoms with Crippen LogP contribution in [0.1, 0.15) is 38.2 Å². The van der Waals surface area contributed by atoms with Crippen LogP contribution in [0, 0.1) is 11.8 Å². The van der Waals surface area contributed by atoms with Crippen molar-refractivity contribution in [3.8, 4) is 0 Å². The standard InChI is InChI=1S/C18H26N2O2/c1-14(9-10-15-6-3-2-4-7-15)12-17(21)20-11-5-8-16(13-20)18(19)22/h2-4,6-7,14,16H,5,8-13H2,1H3,(H2,19,22)/t14-,16+/m0/s1. The maximum Gasteiger partial charge on any atom is 0.222 e. The highest BCUT2D eigenvalue weighted by atomic mass is 16.2. The van der Waals surface area contributed by atoms with E-state index in [4.69, 9.17) is 5.73 Å². The van der Waals surface area contributed by atoms with E-state index >= 15 is 0 Å². The maximum absolute atomic E-state index is 12.4. The molecule has 0 aliphatic carbocycles. The van der Waals surface area contributed by atoms with Crippen LogP contribution in [0.25, 0.3) is 0 Å². The quantitative estimate of drug-likeness (QED) is 0.877. The molecule has 0 radical (unpaired) electrons. The molecule has 2 amide bonds. The molecule has 0 spiro atoms. The van der Waals surface area contributed by atoms with E-state index in [1.54, 1.807) is 0 Å². The average Bonchev–Trinajstić information content (AvgIpc) is 2.54. The number of carbonyl (C=O) groups is 2. The van der Waals surface area contributed by atoms with Crippen molar-refractivity contribution in [1.29, 1.82) is 0 Å². The molecular formula is C18H26N2O2. The second-order valence-corrected chi connectivity index (χ2v) is 6.41. The second-order valence-electron chi connectivity index (χ2n) is 6.41. The van der Waals surface area contributed by atoms with Gasteiger partial charge in [0.1, 0.15) is 0 Å². The minimum Gasteiger partial charge on any atom is -0.369 e. The molecule has 1 heterocycles. The Hall–Kier alpha value is -1.84. The zero-order chi connectivity index (χ0) is 15.9. The van der Waals surface area contributed by atoms with Crippen LogP contribution in [0.15, 0.2) is 30.3 Å². The number of piperidine rings is 1. The summed E-state index contributed by atoms with van der Waals surface area (Å²) in [5, 5.41) is 0. The van der Waals surface area contributed by atoms with Crippen molar-refractivity contribution in [2.75, 3.05) is 13.1 Å². The van der Waals surface area contributed by atoms with Gasteiger partial charge in [0.15, 0.2) is 0 Å². The smallest absolute Gasteiger partial charge is 0.222 e. The van der Waals surface area contributed by atoms with Gasteiger partial charge in [-0.15, -0.1) is 0 Å². The fourth-order valence-electron chi connectivity index (χ4n) is 3.02. The number of nitrogens with two attached hydrogens (primary N) is 1. The summed E-state index contributed by atoms with van der Waals surface area (Å²) in [6.07, 6.45) is 4.24. The van der Waals surface area contributed by atoms with E-state index < -0.39 is 0 Å². The van der Waals surface area contributed by atoms with E-state index in [-0.39, 0.29) is 17.7 Å². The van der Waals surface area contributed by atoms with Gasteiger partial charge in [0, 0.05) is 19.5 Å². The number of carbonyl (C=O) groups excluding carboxylic acids is 2. The van der Waals surface area contributed by atoms with Crippen LogP contribution in [0.4, 0.5) is 0 Å². The summed E-state index contributed by atoms with van der Waals surface area (Å²) in [6.45, 7) is 3.38. The Labute approximate surface area is 132 Å². The van der Waals surface area contributed by atoms with Crippen molar-refractivity contribution in [2.45, 2.75) is 39.0 Å². The molecule has 1 aliphatic heterocycles. The van der Waals surface area contributed by atoms with Gasteiger partial charge in [-0.25, -0.2) is 0 Å². The van der Waals surface area contributed by atoms with Crippen molar-refractivity contribution in [2.24, 2.45) is 17.6 Å². The zero-order valence-electron chi connectivity index (χ0n) is 13.3.